The number of benzene rings is 2. The molecule has 3 saturated heterocycles. The third-order valence-corrected chi connectivity index (χ3v) is 9.72. The van der Waals surface area contributed by atoms with Crippen LogP contribution in [0.3, 0.4) is 0 Å². The second kappa shape index (κ2) is 9.54. The maximum Gasteiger partial charge on any atom is 0.315 e. The van der Waals surface area contributed by atoms with E-state index in [1.807, 2.05) is 4.90 Å². The van der Waals surface area contributed by atoms with E-state index in [1.54, 1.807) is 0 Å². The number of hydrogen-bond acceptors (Lipinski definition) is 5. The van der Waals surface area contributed by atoms with Crippen molar-refractivity contribution in [1.82, 2.24) is 20.4 Å². The van der Waals surface area contributed by atoms with Gasteiger partial charge in [0.1, 0.15) is 0 Å². The Bertz CT molecular complexity index is 1170. The van der Waals surface area contributed by atoms with Gasteiger partial charge in [-0.2, -0.15) is 0 Å². The molecule has 3 aliphatic heterocycles. The lowest BCUT2D eigenvalue weighted by Gasteiger charge is -2.35. The van der Waals surface area contributed by atoms with E-state index < -0.39 is 15.1 Å². The van der Waals surface area contributed by atoms with Crippen LogP contribution in [-0.4, -0.2) is 79.4 Å². The summed E-state index contributed by atoms with van der Waals surface area (Å²) < 4.78 is 24.8. The van der Waals surface area contributed by atoms with Gasteiger partial charge in [0.15, 0.2) is 9.84 Å². The highest BCUT2D eigenvalue weighted by atomic mass is 32.2. The molecule has 0 saturated carbocycles. The molecule has 5 rings (SSSR count). The number of carbonyl (C=O) groups excluding carboxylic acids is 2. The number of piperazine rings is 1. The Labute approximate surface area is 200 Å². The van der Waals surface area contributed by atoms with Gasteiger partial charge in [0.25, 0.3) is 0 Å². The summed E-state index contributed by atoms with van der Waals surface area (Å²) in [6, 6.07) is 13.9. The van der Waals surface area contributed by atoms with Gasteiger partial charge < -0.3 is 15.5 Å². The van der Waals surface area contributed by atoms with Crippen LogP contribution in [0.2, 0.25) is 0 Å². The number of sulfone groups is 1. The van der Waals surface area contributed by atoms with E-state index in [-0.39, 0.29) is 29.8 Å². The Morgan fingerprint density at radius 3 is 2.56 bits per heavy atom. The second-order valence-electron chi connectivity index (χ2n) is 9.66. The Hall–Kier alpha value is -2.65. The van der Waals surface area contributed by atoms with Crippen molar-refractivity contribution in [3.05, 3.63) is 48.0 Å². The van der Waals surface area contributed by atoms with Gasteiger partial charge in [0.2, 0.25) is 5.91 Å². The lowest BCUT2D eigenvalue weighted by molar-refractivity contribution is -0.133. The molecule has 2 aromatic carbocycles. The van der Waals surface area contributed by atoms with Gasteiger partial charge >= 0.3 is 6.03 Å². The summed E-state index contributed by atoms with van der Waals surface area (Å²) in [6.45, 7) is 4.03. The first-order chi connectivity index (χ1) is 16.4. The van der Waals surface area contributed by atoms with Crippen LogP contribution in [0.1, 0.15) is 31.2 Å². The maximum absolute atomic E-state index is 12.7. The highest BCUT2D eigenvalue weighted by molar-refractivity contribution is 7.92. The lowest BCUT2D eigenvalue weighted by Crippen LogP contribution is -2.48. The summed E-state index contributed by atoms with van der Waals surface area (Å²) >= 11 is 0. The van der Waals surface area contributed by atoms with Gasteiger partial charge in [-0.05, 0) is 29.2 Å². The number of unbranched alkanes of at least 4 members (excludes halogenated alkanes) is 1. The second-order valence-corrected chi connectivity index (χ2v) is 11.9. The molecular weight excluding hydrogens is 452 g/mol. The number of nitrogens with zero attached hydrogens (tertiary/aromatic N) is 2. The SMILES string of the molecule is O=C1NC2CS(=O)(=O)C(CCCCC(=O)N3CCN(Cc4cccc5ccccc45)CC3)C2N1. The third-order valence-electron chi connectivity index (χ3n) is 7.45. The summed E-state index contributed by atoms with van der Waals surface area (Å²) in [6.07, 6.45) is 2.25. The molecule has 0 spiro atoms. The van der Waals surface area contributed by atoms with Crippen LogP contribution in [-0.2, 0) is 21.2 Å². The molecule has 9 heteroatoms. The number of fused-ring (bicyclic) bond motifs is 2. The molecule has 3 amide bonds. The molecule has 3 unspecified atom stereocenters. The van der Waals surface area contributed by atoms with Crippen LogP contribution >= 0.6 is 0 Å². The van der Waals surface area contributed by atoms with Gasteiger partial charge in [-0.3, -0.25) is 9.69 Å². The van der Waals surface area contributed by atoms with E-state index in [0.29, 0.717) is 25.7 Å². The Morgan fingerprint density at radius 1 is 0.971 bits per heavy atom. The number of rotatable bonds is 7. The number of urea groups is 1. The summed E-state index contributed by atoms with van der Waals surface area (Å²) in [5, 5.41) is 7.42. The summed E-state index contributed by atoms with van der Waals surface area (Å²) in [5.74, 6) is 0.149. The minimum absolute atomic E-state index is 0.00303. The van der Waals surface area contributed by atoms with Crippen LogP contribution in [0, 0.1) is 0 Å². The van der Waals surface area contributed by atoms with Crippen molar-refractivity contribution in [2.75, 3.05) is 31.9 Å². The fourth-order valence-corrected chi connectivity index (χ4v) is 7.88. The minimum Gasteiger partial charge on any atom is -0.340 e. The van der Waals surface area contributed by atoms with Gasteiger partial charge in [-0.1, -0.05) is 48.9 Å². The quantitative estimate of drug-likeness (QED) is 0.462. The average Bonchev–Trinajstić information content (AvgIpc) is 3.28. The zero-order valence-corrected chi connectivity index (χ0v) is 20.1. The fraction of sp³-hybridized carbons (Fsp3) is 0.520. The van der Waals surface area contributed by atoms with Crippen molar-refractivity contribution < 1.29 is 18.0 Å². The van der Waals surface area contributed by atoms with Crippen LogP contribution in [0.25, 0.3) is 10.8 Å². The van der Waals surface area contributed by atoms with Crippen molar-refractivity contribution in [3.63, 3.8) is 0 Å². The minimum atomic E-state index is -3.21. The largest absolute Gasteiger partial charge is 0.340 e. The zero-order chi connectivity index (χ0) is 23.7. The summed E-state index contributed by atoms with van der Waals surface area (Å²) in [5.41, 5.74) is 1.32. The predicted molar refractivity (Wildman–Crippen MR) is 131 cm³/mol. The number of carbonyl (C=O) groups is 2. The van der Waals surface area contributed by atoms with E-state index in [1.165, 1.54) is 16.3 Å². The molecule has 182 valence electrons. The van der Waals surface area contributed by atoms with E-state index in [4.69, 9.17) is 0 Å². The molecule has 34 heavy (non-hydrogen) atoms. The summed E-state index contributed by atoms with van der Waals surface area (Å²) in [7, 11) is -3.21. The molecule has 8 nitrogen and oxygen atoms in total. The lowest BCUT2D eigenvalue weighted by atomic mass is 10.0. The van der Waals surface area contributed by atoms with Crippen molar-refractivity contribution >= 4 is 32.5 Å². The maximum atomic E-state index is 12.7. The van der Waals surface area contributed by atoms with E-state index >= 15 is 0 Å². The number of nitrogens with one attached hydrogen (secondary N) is 2. The molecule has 2 N–H and O–H groups in total. The van der Waals surface area contributed by atoms with Crippen LogP contribution < -0.4 is 10.6 Å². The van der Waals surface area contributed by atoms with Gasteiger partial charge in [-0.25, -0.2) is 13.2 Å². The molecule has 3 atom stereocenters. The van der Waals surface area contributed by atoms with Crippen molar-refractivity contribution in [2.24, 2.45) is 0 Å². The molecule has 3 heterocycles. The van der Waals surface area contributed by atoms with E-state index in [9.17, 15) is 18.0 Å². The van der Waals surface area contributed by atoms with Gasteiger partial charge in [0.05, 0.1) is 23.1 Å². The molecule has 3 aliphatic rings. The Balaban J connectivity index is 1.06. The summed E-state index contributed by atoms with van der Waals surface area (Å²) in [4.78, 5) is 28.6. The van der Waals surface area contributed by atoms with E-state index in [2.05, 4.69) is 58.0 Å². The molecule has 3 fully saturated rings. The van der Waals surface area contributed by atoms with Crippen molar-refractivity contribution in [2.45, 2.75) is 49.6 Å². The first-order valence-electron chi connectivity index (χ1n) is 12.2. The van der Waals surface area contributed by atoms with Crippen LogP contribution in [0.4, 0.5) is 4.79 Å². The normalized spacial score (nSPS) is 26.3. The highest BCUT2D eigenvalue weighted by Crippen LogP contribution is 2.28. The molecule has 0 aliphatic carbocycles. The Kier molecular flexibility index (Phi) is 6.48. The first kappa shape index (κ1) is 23.1. The fourth-order valence-electron chi connectivity index (χ4n) is 5.61. The van der Waals surface area contributed by atoms with Crippen molar-refractivity contribution in [3.8, 4) is 0 Å². The molecule has 0 radical (unpaired) electrons. The Morgan fingerprint density at radius 2 is 1.74 bits per heavy atom. The monoisotopic (exact) mass is 484 g/mol. The molecule has 2 aromatic rings. The molecule has 0 bridgehead atoms. The predicted octanol–water partition coefficient (Wildman–Crippen LogP) is 1.89. The standard InChI is InChI=1S/C25H32N4O4S/c30-23(11-4-3-10-22-24-21(17-34(22,32)33)26-25(31)27-24)29-14-12-28(13-15-29)16-19-8-5-7-18-6-1-2-9-20(18)19/h1-2,5-9,21-22,24H,3-4,10-17H2,(H2,26,27,31). The molecule has 0 aromatic heterocycles. The van der Waals surface area contributed by atoms with Gasteiger partial charge in [-0.15, -0.1) is 0 Å². The molecular formula is C25H32N4O4S. The number of hydrogen-bond donors (Lipinski definition) is 2. The smallest absolute Gasteiger partial charge is 0.315 e. The van der Waals surface area contributed by atoms with Crippen molar-refractivity contribution in [1.29, 1.82) is 0 Å². The zero-order valence-electron chi connectivity index (χ0n) is 19.3. The first-order valence-corrected chi connectivity index (χ1v) is 13.9. The van der Waals surface area contributed by atoms with E-state index in [0.717, 1.165) is 32.7 Å². The number of amides is 3. The van der Waals surface area contributed by atoms with Gasteiger partial charge in [0, 0.05) is 39.1 Å². The topological polar surface area (TPSA) is 98.8 Å². The third kappa shape index (κ3) is 4.77. The highest BCUT2D eigenvalue weighted by Gasteiger charge is 2.51. The van der Waals surface area contributed by atoms with Crippen LogP contribution in [0.5, 0.6) is 0 Å². The van der Waals surface area contributed by atoms with Crippen LogP contribution in [0.15, 0.2) is 42.5 Å². The average molecular weight is 485 g/mol.